The maximum Gasteiger partial charge on any atom is 0.158 e. The second kappa shape index (κ2) is 7.88. The molecule has 0 aliphatic rings. The monoisotopic (exact) mass is 268 g/mol. The van der Waals surface area contributed by atoms with E-state index in [1.165, 1.54) is 0 Å². The maximum absolute atomic E-state index is 5.40. The van der Waals surface area contributed by atoms with Gasteiger partial charge in [-0.1, -0.05) is 0 Å². The number of hydrogen-bond acceptors (Lipinski definition) is 7. The van der Waals surface area contributed by atoms with Crippen molar-refractivity contribution in [2.24, 2.45) is 5.84 Å². The molecule has 0 aliphatic carbocycles. The lowest BCUT2D eigenvalue weighted by atomic mass is 10.2. The standard InChI is InChI=1S/C12H24N6O/c1-9(5-6-18(2)3)14-10-7-11(17-13)16-12(15-10)8-19-4/h7,9H,5-6,8,13H2,1-4H3,(H2,14,15,16,17). The third-order valence-corrected chi connectivity index (χ3v) is 2.60. The summed E-state index contributed by atoms with van der Waals surface area (Å²) in [6.07, 6.45) is 1.03. The van der Waals surface area contributed by atoms with Gasteiger partial charge in [-0.15, -0.1) is 0 Å². The van der Waals surface area contributed by atoms with Crippen LogP contribution >= 0.6 is 0 Å². The van der Waals surface area contributed by atoms with E-state index in [2.05, 4.69) is 46.6 Å². The number of ether oxygens (including phenoxy) is 1. The lowest BCUT2D eigenvalue weighted by Gasteiger charge is -2.18. The first-order chi connectivity index (χ1) is 9.05. The third kappa shape index (κ3) is 5.82. The molecule has 0 bridgehead atoms. The fourth-order valence-electron chi connectivity index (χ4n) is 1.62. The number of aromatic nitrogens is 2. The molecule has 0 saturated carbocycles. The normalized spacial score (nSPS) is 12.5. The first-order valence-electron chi connectivity index (χ1n) is 6.30. The summed E-state index contributed by atoms with van der Waals surface area (Å²) in [5.41, 5.74) is 2.53. The number of rotatable bonds is 8. The Kier molecular flexibility index (Phi) is 6.48. The van der Waals surface area contributed by atoms with Crippen LogP contribution < -0.4 is 16.6 Å². The molecule has 1 atom stereocenters. The van der Waals surface area contributed by atoms with E-state index in [1.54, 1.807) is 13.2 Å². The van der Waals surface area contributed by atoms with Crippen molar-refractivity contribution in [1.82, 2.24) is 14.9 Å². The smallest absolute Gasteiger partial charge is 0.158 e. The van der Waals surface area contributed by atoms with Crippen LogP contribution in [0.5, 0.6) is 0 Å². The molecule has 7 heteroatoms. The van der Waals surface area contributed by atoms with Gasteiger partial charge in [0.1, 0.15) is 18.2 Å². The number of methoxy groups -OCH3 is 1. The van der Waals surface area contributed by atoms with Crippen LogP contribution in [-0.4, -0.2) is 48.7 Å². The quantitative estimate of drug-likeness (QED) is 0.471. The van der Waals surface area contributed by atoms with Crippen molar-refractivity contribution in [3.63, 3.8) is 0 Å². The minimum absolute atomic E-state index is 0.318. The molecule has 1 unspecified atom stereocenters. The van der Waals surface area contributed by atoms with E-state index < -0.39 is 0 Å². The predicted octanol–water partition coefficient (Wildman–Crippen LogP) is 0.661. The summed E-state index contributed by atoms with van der Waals surface area (Å²) in [5, 5.41) is 3.34. The lowest BCUT2D eigenvalue weighted by Crippen LogP contribution is -2.24. The van der Waals surface area contributed by atoms with Gasteiger partial charge in [-0.25, -0.2) is 15.8 Å². The molecule has 108 valence electrons. The molecule has 0 spiro atoms. The molecule has 1 aromatic heterocycles. The first kappa shape index (κ1) is 15.6. The summed E-state index contributed by atoms with van der Waals surface area (Å²) in [6.45, 7) is 3.50. The lowest BCUT2D eigenvalue weighted by molar-refractivity contribution is 0.178. The average molecular weight is 268 g/mol. The van der Waals surface area contributed by atoms with E-state index in [0.717, 1.165) is 18.8 Å². The summed E-state index contributed by atoms with van der Waals surface area (Å²) in [6, 6.07) is 2.10. The van der Waals surface area contributed by atoms with E-state index in [0.29, 0.717) is 24.3 Å². The van der Waals surface area contributed by atoms with Crippen molar-refractivity contribution in [1.29, 1.82) is 0 Å². The molecule has 0 aliphatic heterocycles. The molecule has 1 rings (SSSR count). The van der Waals surface area contributed by atoms with Crippen molar-refractivity contribution in [2.75, 3.05) is 38.5 Å². The number of hydrogen-bond donors (Lipinski definition) is 3. The number of nitrogens with one attached hydrogen (secondary N) is 2. The zero-order valence-electron chi connectivity index (χ0n) is 12.1. The molecule has 0 radical (unpaired) electrons. The van der Waals surface area contributed by atoms with Crippen LogP contribution in [-0.2, 0) is 11.3 Å². The molecule has 19 heavy (non-hydrogen) atoms. The van der Waals surface area contributed by atoms with Gasteiger partial charge >= 0.3 is 0 Å². The fourth-order valence-corrected chi connectivity index (χ4v) is 1.62. The van der Waals surface area contributed by atoms with E-state index in [-0.39, 0.29) is 0 Å². The molecule has 0 fully saturated rings. The Bertz CT molecular complexity index is 384. The largest absolute Gasteiger partial charge is 0.377 e. The van der Waals surface area contributed by atoms with Crippen LogP contribution in [0.2, 0.25) is 0 Å². The van der Waals surface area contributed by atoms with Crippen molar-refractivity contribution < 1.29 is 4.74 Å². The minimum Gasteiger partial charge on any atom is -0.377 e. The van der Waals surface area contributed by atoms with E-state index in [9.17, 15) is 0 Å². The molecular weight excluding hydrogens is 244 g/mol. The Balaban J connectivity index is 2.67. The van der Waals surface area contributed by atoms with E-state index in [1.807, 2.05) is 0 Å². The number of nitrogen functional groups attached to an aromatic ring is 1. The van der Waals surface area contributed by atoms with Crippen LogP contribution in [0.1, 0.15) is 19.2 Å². The average Bonchev–Trinajstić information content (AvgIpc) is 2.36. The highest BCUT2D eigenvalue weighted by Gasteiger charge is 2.07. The van der Waals surface area contributed by atoms with Crippen LogP contribution in [0.25, 0.3) is 0 Å². The molecule has 7 nitrogen and oxygen atoms in total. The molecular formula is C12H24N6O. The van der Waals surface area contributed by atoms with Gasteiger partial charge in [-0.3, -0.25) is 0 Å². The zero-order valence-corrected chi connectivity index (χ0v) is 12.1. The number of hydrazine groups is 1. The highest BCUT2D eigenvalue weighted by Crippen LogP contribution is 2.13. The molecule has 1 aromatic rings. The van der Waals surface area contributed by atoms with Crippen LogP contribution in [0, 0.1) is 0 Å². The fraction of sp³-hybridized carbons (Fsp3) is 0.667. The molecule has 0 saturated heterocycles. The Morgan fingerprint density at radius 2 is 2.05 bits per heavy atom. The van der Waals surface area contributed by atoms with Crippen molar-refractivity contribution in [3.05, 3.63) is 11.9 Å². The van der Waals surface area contributed by atoms with Gasteiger partial charge in [0.05, 0.1) is 0 Å². The van der Waals surface area contributed by atoms with Crippen molar-refractivity contribution in [2.45, 2.75) is 26.0 Å². The van der Waals surface area contributed by atoms with Crippen molar-refractivity contribution in [3.8, 4) is 0 Å². The van der Waals surface area contributed by atoms with Crippen LogP contribution in [0.3, 0.4) is 0 Å². The summed E-state index contributed by atoms with van der Waals surface area (Å²) in [7, 11) is 5.73. The number of nitrogens with zero attached hydrogens (tertiary/aromatic N) is 3. The van der Waals surface area contributed by atoms with Gasteiger partial charge in [0.15, 0.2) is 5.82 Å². The second-order valence-corrected chi connectivity index (χ2v) is 4.77. The third-order valence-electron chi connectivity index (χ3n) is 2.60. The Labute approximate surface area is 114 Å². The Hall–Kier alpha value is -1.44. The molecule has 0 amide bonds. The summed E-state index contributed by atoms with van der Waals surface area (Å²) >= 11 is 0. The van der Waals surface area contributed by atoms with Gasteiger partial charge < -0.3 is 20.4 Å². The van der Waals surface area contributed by atoms with E-state index in [4.69, 9.17) is 10.6 Å². The number of nitrogens with two attached hydrogens (primary N) is 1. The van der Waals surface area contributed by atoms with Gasteiger partial charge in [0.2, 0.25) is 0 Å². The Morgan fingerprint density at radius 1 is 1.37 bits per heavy atom. The summed E-state index contributed by atoms with van der Waals surface area (Å²) < 4.78 is 5.04. The summed E-state index contributed by atoms with van der Waals surface area (Å²) in [5.74, 6) is 7.32. The highest BCUT2D eigenvalue weighted by atomic mass is 16.5. The summed E-state index contributed by atoms with van der Waals surface area (Å²) in [4.78, 5) is 10.7. The Morgan fingerprint density at radius 3 is 2.63 bits per heavy atom. The zero-order chi connectivity index (χ0) is 14.3. The second-order valence-electron chi connectivity index (χ2n) is 4.77. The van der Waals surface area contributed by atoms with Crippen molar-refractivity contribution >= 4 is 11.6 Å². The SMILES string of the molecule is COCc1nc(NN)cc(NC(C)CCN(C)C)n1. The van der Waals surface area contributed by atoms with Gasteiger partial charge in [-0.2, -0.15) is 0 Å². The predicted molar refractivity (Wildman–Crippen MR) is 76.8 cm³/mol. The minimum atomic E-state index is 0.318. The van der Waals surface area contributed by atoms with Crippen LogP contribution in [0.4, 0.5) is 11.6 Å². The first-order valence-corrected chi connectivity index (χ1v) is 6.30. The highest BCUT2D eigenvalue weighted by molar-refractivity contribution is 5.47. The van der Waals surface area contributed by atoms with Gasteiger partial charge in [0, 0.05) is 19.2 Å². The molecule has 1 heterocycles. The molecule has 0 aromatic carbocycles. The number of anilines is 2. The van der Waals surface area contributed by atoms with E-state index >= 15 is 0 Å². The topological polar surface area (TPSA) is 88.3 Å². The van der Waals surface area contributed by atoms with Crippen LogP contribution in [0.15, 0.2) is 6.07 Å². The van der Waals surface area contributed by atoms with Gasteiger partial charge in [-0.05, 0) is 34.0 Å². The maximum atomic E-state index is 5.40. The van der Waals surface area contributed by atoms with Gasteiger partial charge in [0.25, 0.3) is 0 Å². The molecule has 4 N–H and O–H groups in total.